The number of rotatable bonds is 5. The lowest BCUT2D eigenvalue weighted by molar-refractivity contribution is 0.0951. The van der Waals surface area contributed by atoms with Gasteiger partial charge >= 0.3 is 0 Å². The van der Waals surface area contributed by atoms with Gasteiger partial charge < -0.3 is 11.1 Å². The highest BCUT2D eigenvalue weighted by atomic mass is 16.1. The Bertz CT molecular complexity index is 1440. The van der Waals surface area contributed by atoms with Crippen LogP contribution in [0.1, 0.15) is 21.5 Å². The van der Waals surface area contributed by atoms with Crippen LogP contribution in [0, 0.1) is 6.92 Å². The van der Waals surface area contributed by atoms with Crippen molar-refractivity contribution in [2.24, 2.45) is 0 Å². The average Bonchev–Trinajstić information content (AvgIpc) is 3.22. The van der Waals surface area contributed by atoms with Gasteiger partial charge in [0.05, 0.1) is 5.56 Å². The molecule has 7 nitrogen and oxygen atoms in total. The Morgan fingerprint density at radius 3 is 2.55 bits per heavy atom. The highest BCUT2D eigenvalue weighted by Gasteiger charge is 2.18. The molecule has 5 rings (SSSR count). The zero-order valence-electron chi connectivity index (χ0n) is 18.1. The largest absolute Gasteiger partial charge is 0.383 e. The number of aryl methyl sites for hydroxylation is 1. The van der Waals surface area contributed by atoms with Gasteiger partial charge in [0.15, 0.2) is 11.5 Å². The molecule has 0 aliphatic rings. The van der Waals surface area contributed by atoms with Crippen molar-refractivity contribution in [2.45, 2.75) is 13.5 Å². The van der Waals surface area contributed by atoms with Crippen molar-refractivity contribution in [3.05, 3.63) is 102 Å². The third-order valence-electron chi connectivity index (χ3n) is 5.40. The second-order valence-electron chi connectivity index (χ2n) is 7.78. The van der Waals surface area contributed by atoms with Crippen LogP contribution in [0.25, 0.3) is 28.2 Å². The highest BCUT2D eigenvalue weighted by molar-refractivity contribution is 5.94. The molecule has 7 heteroatoms. The third-order valence-corrected chi connectivity index (χ3v) is 5.40. The van der Waals surface area contributed by atoms with E-state index in [-0.39, 0.29) is 5.91 Å². The smallest absolute Gasteiger partial charge is 0.251 e. The van der Waals surface area contributed by atoms with E-state index >= 15 is 0 Å². The first-order valence-corrected chi connectivity index (χ1v) is 10.6. The van der Waals surface area contributed by atoms with E-state index in [0.29, 0.717) is 23.8 Å². The third kappa shape index (κ3) is 4.04. The molecule has 0 aliphatic heterocycles. The van der Waals surface area contributed by atoms with E-state index in [1.54, 1.807) is 18.3 Å². The van der Waals surface area contributed by atoms with Crippen LogP contribution in [0.5, 0.6) is 0 Å². The van der Waals surface area contributed by atoms with E-state index < -0.39 is 0 Å². The molecule has 3 heterocycles. The minimum absolute atomic E-state index is 0.103. The normalized spacial score (nSPS) is 10.9. The van der Waals surface area contributed by atoms with Crippen molar-refractivity contribution in [3.8, 4) is 17.1 Å². The summed E-state index contributed by atoms with van der Waals surface area (Å²) < 4.78 is 1.98. The monoisotopic (exact) mass is 434 g/mol. The fourth-order valence-electron chi connectivity index (χ4n) is 3.73. The molecule has 0 saturated carbocycles. The minimum Gasteiger partial charge on any atom is -0.383 e. The van der Waals surface area contributed by atoms with Crippen molar-refractivity contribution in [1.29, 1.82) is 0 Å². The van der Waals surface area contributed by atoms with E-state index in [2.05, 4.69) is 15.3 Å². The van der Waals surface area contributed by atoms with Crippen molar-refractivity contribution in [1.82, 2.24) is 24.8 Å². The first kappa shape index (κ1) is 20.4. The molecule has 0 bridgehead atoms. The van der Waals surface area contributed by atoms with Gasteiger partial charge in [-0.25, -0.2) is 15.0 Å². The number of anilines is 1. The topological polar surface area (TPSA) is 98.7 Å². The predicted octanol–water partition coefficient (Wildman–Crippen LogP) is 4.30. The van der Waals surface area contributed by atoms with Crippen molar-refractivity contribution in [2.75, 3.05) is 5.73 Å². The number of hydrogen-bond acceptors (Lipinski definition) is 5. The lowest BCUT2D eigenvalue weighted by atomic mass is 10.1. The number of fused-ring (bicyclic) bond motifs is 1. The van der Waals surface area contributed by atoms with Crippen LogP contribution in [0.4, 0.5) is 5.82 Å². The SMILES string of the molecule is Cc1cnc2c(c1)nc(-c1cccnc1N)n2-c1ccc(CNC(=O)c2ccccc2)cc1. The lowest BCUT2D eigenvalue weighted by Crippen LogP contribution is -2.22. The molecular weight excluding hydrogens is 412 g/mol. The number of nitrogens with zero attached hydrogens (tertiary/aromatic N) is 4. The number of aromatic nitrogens is 4. The van der Waals surface area contributed by atoms with E-state index in [0.717, 1.165) is 33.5 Å². The summed E-state index contributed by atoms with van der Waals surface area (Å²) in [5, 5.41) is 2.95. The summed E-state index contributed by atoms with van der Waals surface area (Å²) in [5.41, 5.74) is 12.0. The number of benzene rings is 2. The highest BCUT2D eigenvalue weighted by Crippen LogP contribution is 2.30. The second-order valence-corrected chi connectivity index (χ2v) is 7.78. The lowest BCUT2D eigenvalue weighted by Gasteiger charge is -2.11. The number of amides is 1. The summed E-state index contributed by atoms with van der Waals surface area (Å²) in [6.07, 6.45) is 3.48. The Hall–Kier alpha value is -4.52. The van der Waals surface area contributed by atoms with Crippen molar-refractivity contribution < 1.29 is 4.79 Å². The van der Waals surface area contributed by atoms with Crippen molar-refractivity contribution >= 4 is 22.9 Å². The summed E-state index contributed by atoms with van der Waals surface area (Å²) in [6.45, 7) is 2.42. The first-order valence-electron chi connectivity index (χ1n) is 10.6. The predicted molar refractivity (Wildman–Crippen MR) is 129 cm³/mol. The summed E-state index contributed by atoms with van der Waals surface area (Å²) in [4.78, 5) is 26.0. The summed E-state index contributed by atoms with van der Waals surface area (Å²) in [7, 11) is 0. The van der Waals surface area contributed by atoms with Gasteiger partial charge in [-0.05, 0) is 60.5 Å². The van der Waals surface area contributed by atoms with Crippen LogP contribution in [-0.4, -0.2) is 25.4 Å². The Morgan fingerprint density at radius 1 is 1.00 bits per heavy atom. The van der Waals surface area contributed by atoms with Gasteiger partial charge in [0, 0.05) is 30.2 Å². The van der Waals surface area contributed by atoms with Gasteiger partial charge in [-0.15, -0.1) is 0 Å². The Kier molecular flexibility index (Phi) is 5.28. The molecule has 3 N–H and O–H groups in total. The molecule has 2 aromatic carbocycles. The fraction of sp³-hybridized carbons (Fsp3) is 0.0769. The summed E-state index contributed by atoms with van der Waals surface area (Å²) in [6, 6.07) is 22.9. The maximum absolute atomic E-state index is 12.3. The standard InChI is InChI=1S/C26H22N6O/c1-17-14-22-25(29-15-17)32(24(31-22)21-8-5-13-28-23(21)27)20-11-9-18(10-12-20)16-30-26(33)19-6-3-2-4-7-19/h2-15H,16H2,1H3,(H2,27,28)(H,30,33). The molecule has 0 unspecified atom stereocenters. The molecule has 0 spiro atoms. The Morgan fingerprint density at radius 2 is 1.79 bits per heavy atom. The first-order chi connectivity index (χ1) is 16.1. The molecule has 162 valence electrons. The zero-order valence-corrected chi connectivity index (χ0v) is 18.1. The quantitative estimate of drug-likeness (QED) is 0.430. The van der Waals surface area contributed by atoms with E-state index in [4.69, 9.17) is 10.7 Å². The maximum Gasteiger partial charge on any atom is 0.251 e. The van der Waals surface area contributed by atoms with Crippen LogP contribution in [0.15, 0.2) is 85.2 Å². The van der Waals surface area contributed by atoms with Crippen LogP contribution in [0.3, 0.4) is 0 Å². The van der Waals surface area contributed by atoms with Crippen LogP contribution < -0.4 is 11.1 Å². The number of carbonyl (C=O) groups is 1. The maximum atomic E-state index is 12.3. The van der Waals surface area contributed by atoms with Gasteiger partial charge in [-0.2, -0.15) is 0 Å². The fourth-order valence-corrected chi connectivity index (χ4v) is 3.73. The molecule has 33 heavy (non-hydrogen) atoms. The zero-order chi connectivity index (χ0) is 22.8. The number of pyridine rings is 2. The Balaban J connectivity index is 1.48. The van der Waals surface area contributed by atoms with Gasteiger partial charge in [-0.3, -0.25) is 9.36 Å². The number of nitrogens with two attached hydrogens (primary N) is 1. The average molecular weight is 435 g/mol. The van der Waals surface area contributed by atoms with Crippen molar-refractivity contribution in [3.63, 3.8) is 0 Å². The van der Waals surface area contributed by atoms with Gasteiger partial charge in [0.25, 0.3) is 5.91 Å². The van der Waals surface area contributed by atoms with Crippen LogP contribution in [-0.2, 0) is 6.54 Å². The molecule has 3 aromatic heterocycles. The molecule has 1 amide bonds. The molecule has 0 atom stereocenters. The molecule has 0 saturated heterocycles. The number of imidazole rings is 1. The molecular formula is C26H22N6O. The van der Waals surface area contributed by atoms with Crippen LogP contribution >= 0.6 is 0 Å². The number of nitrogen functional groups attached to an aromatic ring is 1. The van der Waals surface area contributed by atoms with Gasteiger partial charge in [0.2, 0.25) is 0 Å². The summed E-state index contributed by atoms with van der Waals surface area (Å²) >= 11 is 0. The molecule has 0 fully saturated rings. The second kappa shape index (κ2) is 8.55. The number of nitrogens with one attached hydrogen (secondary N) is 1. The molecule has 5 aromatic rings. The van der Waals surface area contributed by atoms with Crippen LogP contribution in [0.2, 0.25) is 0 Å². The Labute approximate surface area is 191 Å². The molecule has 0 aliphatic carbocycles. The minimum atomic E-state index is -0.103. The van der Waals surface area contributed by atoms with Gasteiger partial charge in [-0.1, -0.05) is 30.3 Å². The molecule has 0 radical (unpaired) electrons. The number of hydrogen-bond donors (Lipinski definition) is 2. The number of carbonyl (C=O) groups excluding carboxylic acids is 1. The van der Waals surface area contributed by atoms with E-state index in [9.17, 15) is 4.79 Å². The van der Waals surface area contributed by atoms with E-state index in [1.807, 2.05) is 78.4 Å². The summed E-state index contributed by atoms with van der Waals surface area (Å²) in [5.74, 6) is 0.985. The van der Waals surface area contributed by atoms with E-state index in [1.165, 1.54) is 0 Å². The van der Waals surface area contributed by atoms with Gasteiger partial charge in [0.1, 0.15) is 11.3 Å².